The molecule has 3 aromatic rings. The van der Waals surface area contributed by atoms with E-state index in [1.807, 2.05) is 50.2 Å². The molecule has 0 radical (unpaired) electrons. The number of hydrogen-bond acceptors (Lipinski definition) is 4. The molecule has 0 fully saturated rings. The molecule has 1 heterocycles. The fourth-order valence-corrected chi connectivity index (χ4v) is 3.49. The van der Waals surface area contributed by atoms with Gasteiger partial charge in [0.1, 0.15) is 23.2 Å². The van der Waals surface area contributed by atoms with E-state index in [9.17, 15) is 5.26 Å². The number of halogens is 1. The van der Waals surface area contributed by atoms with Gasteiger partial charge in [-0.05, 0) is 50.6 Å². The van der Waals surface area contributed by atoms with Crippen LogP contribution in [0.4, 0.5) is 5.82 Å². The lowest BCUT2D eigenvalue weighted by Crippen LogP contribution is -2.02. The molecule has 0 unspecified atom stereocenters. The Bertz CT molecular complexity index is 1050. The van der Waals surface area contributed by atoms with Crippen molar-refractivity contribution >= 4 is 21.7 Å². The maximum Gasteiger partial charge on any atom is 0.142 e. The molecule has 3 rings (SSSR count). The second kappa shape index (κ2) is 7.81. The normalized spacial score (nSPS) is 10.5. The Morgan fingerprint density at radius 2 is 1.85 bits per heavy atom. The molecule has 0 saturated carbocycles. The number of pyridine rings is 1. The number of aryl methyl sites for hydroxylation is 2. The van der Waals surface area contributed by atoms with Crippen LogP contribution in [-0.2, 0) is 0 Å². The third kappa shape index (κ3) is 3.81. The van der Waals surface area contributed by atoms with Crippen molar-refractivity contribution in [2.45, 2.75) is 20.8 Å². The number of nitrogens with two attached hydrogens (primary N) is 1. The van der Waals surface area contributed by atoms with Gasteiger partial charge in [0, 0.05) is 21.2 Å². The van der Waals surface area contributed by atoms with Gasteiger partial charge in [0.25, 0.3) is 0 Å². The van der Waals surface area contributed by atoms with Crippen LogP contribution in [0.3, 0.4) is 0 Å². The first-order valence-electron chi connectivity index (χ1n) is 8.65. The standard InChI is InChI=1S/C22H20BrN3O/c1-4-27-21-8-6-15(23)10-18(21)17-11-20(26-22(25)19(17)12-24)16-7-5-13(2)9-14(16)3/h5-11H,4H2,1-3H3,(H2,25,26). The summed E-state index contributed by atoms with van der Waals surface area (Å²) < 4.78 is 6.68. The molecule has 0 spiro atoms. The molecule has 0 aliphatic rings. The number of anilines is 1. The Balaban J connectivity index is 2.29. The van der Waals surface area contributed by atoms with E-state index < -0.39 is 0 Å². The van der Waals surface area contributed by atoms with Gasteiger partial charge in [0.05, 0.1) is 12.3 Å². The lowest BCUT2D eigenvalue weighted by Gasteiger charge is -2.15. The van der Waals surface area contributed by atoms with Crippen LogP contribution in [0, 0.1) is 25.2 Å². The number of rotatable bonds is 4. The Morgan fingerprint density at radius 3 is 2.52 bits per heavy atom. The molecule has 5 heteroatoms. The highest BCUT2D eigenvalue weighted by Gasteiger charge is 2.18. The van der Waals surface area contributed by atoms with Gasteiger partial charge in [-0.25, -0.2) is 4.98 Å². The van der Waals surface area contributed by atoms with E-state index in [4.69, 9.17) is 10.5 Å². The van der Waals surface area contributed by atoms with Crippen LogP contribution in [0.2, 0.25) is 0 Å². The number of nitriles is 1. The monoisotopic (exact) mass is 421 g/mol. The van der Waals surface area contributed by atoms with Gasteiger partial charge < -0.3 is 10.5 Å². The molecule has 4 nitrogen and oxygen atoms in total. The Hall–Kier alpha value is -2.84. The number of nitrogen functional groups attached to an aromatic ring is 1. The molecule has 0 aliphatic heterocycles. The van der Waals surface area contributed by atoms with Crippen molar-refractivity contribution in [1.82, 2.24) is 4.98 Å². The third-order valence-electron chi connectivity index (χ3n) is 4.35. The van der Waals surface area contributed by atoms with Crippen molar-refractivity contribution < 1.29 is 4.74 Å². The van der Waals surface area contributed by atoms with Crippen molar-refractivity contribution in [2.75, 3.05) is 12.3 Å². The predicted octanol–water partition coefficient (Wildman–Crippen LogP) is 5.65. The van der Waals surface area contributed by atoms with Gasteiger partial charge in [0.15, 0.2) is 0 Å². The fourth-order valence-electron chi connectivity index (χ4n) is 3.13. The molecule has 0 atom stereocenters. The molecule has 0 saturated heterocycles. The highest BCUT2D eigenvalue weighted by molar-refractivity contribution is 9.10. The lowest BCUT2D eigenvalue weighted by atomic mass is 9.96. The molecule has 0 bridgehead atoms. The summed E-state index contributed by atoms with van der Waals surface area (Å²) in [4.78, 5) is 4.49. The maximum absolute atomic E-state index is 9.68. The first-order valence-corrected chi connectivity index (χ1v) is 9.44. The minimum Gasteiger partial charge on any atom is -0.493 e. The van der Waals surface area contributed by atoms with E-state index in [1.54, 1.807) is 0 Å². The minimum atomic E-state index is 0.215. The summed E-state index contributed by atoms with van der Waals surface area (Å²) in [7, 11) is 0. The predicted molar refractivity (Wildman–Crippen MR) is 113 cm³/mol. The molecule has 1 aromatic heterocycles. The fraction of sp³-hybridized carbons (Fsp3) is 0.182. The summed E-state index contributed by atoms with van der Waals surface area (Å²) in [6.07, 6.45) is 0. The Kier molecular flexibility index (Phi) is 5.48. The van der Waals surface area contributed by atoms with E-state index in [0.717, 1.165) is 26.9 Å². The van der Waals surface area contributed by atoms with Crippen LogP contribution in [0.1, 0.15) is 23.6 Å². The van der Waals surface area contributed by atoms with Gasteiger partial charge in [-0.2, -0.15) is 5.26 Å². The zero-order valence-electron chi connectivity index (χ0n) is 15.5. The van der Waals surface area contributed by atoms with Crippen LogP contribution >= 0.6 is 15.9 Å². The number of nitrogens with zero attached hydrogens (tertiary/aromatic N) is 2. The third-order valence-corrected chi connectivity index (χ3v) is 4.84. The number of hydrogen-bond donors (Lipinski definition) is 1. The first-order chi connectivity index (χ1) is 12.9. The van der Waals surface area contributed by atoms with Crippen molar-refractivity contribution in [2.24, 2.45) is 0 Å². The zero-order chi connectivity index (χ0) is 19.6. The number of aromatic nitrogens is 1. The maximum atomic E-state index is 9.68. The van der Waals surface area contributed by atoms with Crippen LogP contribution in [0.5, 0.6) is 5.75 Å². The Labute approximate surface area is 167 Å². The second-order valence-electron chi connectivity index (χ2n) is 6.32. The highest BCUT2D eigenvalue weighted by atomic mass is 79.9. The summed E-state index contributed by atoms with van der Waals surface area (Å²) >= 11 is 3.51. The van der Waals surface area contributed by atoms with Crippen molar-refractivity contribution in [3.8, 4) is 34.2 Å². The summed E-state index contributed by atoms with van der Waals surface area (Å²) in [5.41, 5.74) is 12.1. The van der Waals surface area contributed by atoms with E-state index in [-0.39, 0.29) is 5.82 Å². The van der Waals surface area contributed by atoms with E-state index >= 15 is 0 Å². The van der Waals surface area contributed by atoms with Crippen molar-refractivity contribution in [1.29, 1.82) is 5.26 Å². The zero-order valence-corrected chi connectivity index (χ0v) is 17.1. The smallest absolute Gasteiger partial charge is 0.142 e. The van der Waals surface area contributed by atoms with Crippen LogP contribution in [0.15, 0.2) is 46.9 Å². The SMILES string of the molecule is CCOc1ccc(Br)cc1-c1cc(-c2ccc(C)cc2C)nc(N)c1C#N. The summed E-state index contributed by atoms with van der Waals surface area (Å²) in [5, 5.41) is 9.68. The first kappa shape index (κ1) is 18.9. The molecular formula is C22H20BrN3O. The summed E-state index contributed by atoms with van der Waals surface area (Å²) in [5.74, 6) is 0.918. The van der Waals surface area contributed by atoms with E-state index in [0.29, 0.717) is 23.5 Å². The van der Waals surface area contributed by atoms with E-state index in [1.165, 1.54) is 5.56 Å². The van der Waals surface area contributed by atoms with Crippen molar-refractivity contribution in [3.05, 3.63) is 63.6 Å². The molecule has 2 aromatic carbocycles. The topological polar surface area (TPSA) is 71.9 Å². The van der Waals surface area contributed by atoms with Gasteiger partial charge >= 0.3 is 0 Å². The summed E-state index contributed by atoms with van der Waals surface area (Å²) in [6.45, 7) is 6.56. The molecule has 0 aliphatic carbocycles. The van der Waals surface area contributed by atoms with Gasteiger partial charge in [-0.15, -0.1) is 0 Å². The largest absolute Gasteiger partial charge is 0.493 e. The lowest BCUT2D eigenvalue weighted by molar-refractivity contribution is 0.341. The quantitative estimate of drug-likeness (QED) is 0.590. The average molecular weight is 422 g/mol. The van der Waals surface area contributed by atoms with Gasteiger partial charge in [-0.3, -0.25) is 0 Å². The molecule has 2 N–H and O–H groups in total. The molecule has 27 heavy (non-hydrogen) atoms. The number of benzene rings is 2. The van der Waals surface area contributed by atoms with Crippen LogP contribution in [0.25, 0.3) is 22.4 Å². The minimum absolute atomic E-state index is 0.215. The molecule has 136 valence electrons. The van der Waals surface area contributed by atoms with Gasteiger partial charge in [0.2, 0.25) is 0 Å². The average Bonchev–Trinajstić information content (AvgIpc) is 2.62. The van der Waals surface area contributed by atoms with Crippen LogP contribution in [-0.4, -0.2) is 11.6 Å². The van der Waals surface area contributed by atoms with Crippen LogP contribution < -0.4 is 10.5 Å². The van der Waals surface area contributed by atoms with E-state index in [2.05, 4.69) is 40.0 Å². The number of ether oxygens (including phenoxy) is 1. The highest BCUT2D eigenvalue weighted by Crippen LogP contribution is 2.38. The molecular weight excluding hydrogens is 402 g/mol. The second-order valence-corrected chi connectivity index (χ2v) is 7.23. The Morgan fingerprint density at radius 1 is 1.07 bits per heavy atom. The molecule has 0 amide bonds. The summed E-state index contributed by atoms with van der Waals surface area (Å²) in [6, 6.07) is 16.0. The van der Waals surface area contributed by atoms with Gasteiger partial charge in [-0.1, -0.05) is 39.7 Å². The van der Waals surface area contributed by atoms with Crippen molar-refractivity contribution in [3.63, 3.8) is 0 Å².